The maximum absolute atomic E-state index is 12.0. The lowest BCUT2D eigenvalue weighted by atomic mass is 10.6. The average molecular weight is 415 g/mol. The maximum atomic E-state index is 12.0. The van der Waals surface area contributed by atoms with Crippen molar-refractivity contribution in [1.82, 2.24) is 24.0 Å². The van der Waals surface area contributed by atoms with E-state index in [1.165, 1.54) is 18.8 Å². The highest BCUT2D eigenvalue weighted by atomic mass is 35.5. The second kappa shape index (κ2) is 7.80. The van der Waals surface area contributed by atoms with Crippen LogP contribution in [-0.2, 0) is 17.3 Å². The highest BCUT2D eigenvalue weighted by molar-refractivity contribution is 8.14. The van der Waals surface area contributed by atoms with Crippen molar-refractivity contribution in [3.63, 3.8) is 0 Å². The first-order valence-electron chi connectivity index (χ1n) is 6.60. The number of aromatic nitrogens is 3. The summed E-state index contributed by atoms with van der Waals surface area (Å²) in [4.78, 5) is 25.6. The molecule has 0 bridgehead atoms. The van der Waals surface area contributed by atoms with Crippen LogP contribution in [0.5, 0.6) is 0 Å². The standard InChI is InChI=1S/C10H15ClN6O4S3/c1-15-8(22-2)12-17(10(15)19)7(18)13-24(20,21)14-9-16(4-3-11)5-6-23-9/h3-6H2,1-2H3,(H,13,18)/b14-9-. The molecule has 2 rings (SSSR count). The van der Waals surface area contributed by atoms with Crippen molar-refractivity contribution in [2.24, 2.45) is 11.4 Å². The summed E-state index contributed by atoms with van der Waals surface area (Å²) in [6.45, 7) is 1.07. The minimum Gasteiger partial charge on any atom is -0.348 e. The zero-order valence-corrected chi connectivity index (χ0v) is 16.0. The van der Waals surface area contributed by atoms with E-state index in [0.29, 0.717) is 29.4 Å². The van der Waals surface area contributed by atoms with E-state index in [9.17, 15) is 18.0 Å². The number of amides is 1. The Bertz CT molecular complexity index is 817. The van der Waals surface area contributed by atoms with Crippen molar-refractivity contribution in [1.29, 1.82) is 0 Å². The van der Waals surface area contributed by atoms with Gasteiger partial charge in [-0.25, -0.2) is 14.3 Å². The first-order valence-corrected chi connectivity index (χ1v) is 10.8. The molecule has 1 N–H and O–H groups in total. The lowest BCUT2D eigenvalue weighted by Crippen LogP contribution is -2.40. The van der Waals surface area contributed by atoms with Gasteiger partial charge in [0.1, 0.15) is 0 Å². The van der Waals surface area contributed by atoms with Crippen LogP contribution in [0, 0.1) is 0 Å². The molecule has 0 aliphatic carbocycles. The van der Waals surface area contributed by atoms with Crippen LogP contribution in [0.1, 0.15) is 0 Å². The Morgan fingerprint density at radius 2 is 2.25 bits per heavy atom. The maximum Gasteiger partial charge on any atom is 0.361 e. The lowest BCUT2D eigenvalue weighted by Gasteiger charge is -2.15. The van der Waals surface area contributed by atoms with E-state index in [0.717, 1.165) is 16.3 Å². The van der Waals surface area contributed by atoms with Crippen LogP contribution in [0.2, 0.25) is 0 Å². The van der Waals surface area contributed by atoms with Gasteiger partial charge in [-0.15, -0.1) is 25.8 Å². The predicted molar refractivity (Wildman–Crippen MR) is 94.3 cm³/mol. The summed E-state index contributed by atoms with van der Waals surface area (Å²) in [5.41, 5.74) is -0.751. The normalized spacial score (nSPS) is 16.8. The number of nitrogens with one attached hydrogen (secondary N) is 1. The van der Waals surface area contributed by atoms with Crippen molar-refractivity contribution in [3.05, 3.63) is 10.5 Å². The fourth-order valence-corrected chi connectivity index (χ4v) is 4.59. The number of alkyl halides is 1. The lowest BCUT2D eigenvalue weighted by molar-refractivity contribution is 0.243. The fraction of sp³-hybridized carbons (Fsp3) is 0.600. The molecule has 1 aliphatic heterocycles. The van der Waals surface area contributed by atoms with Crippen LogP contribution in [0.15, 0.2) is 14.3 Å². The topological polar surface area (TPSA) is 119 Å². The molecule has 1 saturated heterocycles. The highest BCUT2D eigenvalue weighted by Crippen LogP contribution is 2.18. The molecule has 0 unspecified atom stereocenters. The van der Waals surface area contributed by atoms with E-state index in [4.69, 9.17) is 11.6 Å². The van der Waals surface area contributed by atoms with E-state index in [1.54, 1.807) is 15.9 Å². The SMILES string of the molecule is CSc1nn(C(=O)NS(=O)(=O)/N=C2\SCCN2CCCl)c(=O)n1C. The summed E-state index contributed by atoms with van der Waals surface area (Å²) in [7, 11) is -2.89. The molecule has 14 heteroatoms. The van der Waals surface area contributed by atoms with Crippen LogP contribution < -0.4 is 10.4 Å². The largest absolute Gasteiger partial charge is 0.361 e. The molecular formula is C10H15ClN6O4S3. The zero-order valence-electron chi connectivity index (χ0n) is 12.8. The summed E-state index contributed by atoms with van der Waals surface area (Å²) in [5.74, 6) is 1.00. The summed E-state index contributed by atoms with van der Waals surface area (Å²) in [5, 5.41) is 4.30. The van der Waals surface area contributed by atoms with E-state index < -0.39 is 21.9 Å². The minimum atomic E-state index is -4.32. The molecule has 1 aromatic heterocycles. The Morgan fingerprint density at radius 3 is 2.83 bits per heavy atom. The van der Waals surface area contributed by atoms with Crippen molar-refractivity contribution in [3.8, 4) is 0 Å². The summed E-state index contributed by atoms with van der Waals surface area (Å²) >= 11 is 8.05. The molecule has 1 amide bonds. The van der Waals surface area contributed by atoms with Gasteiger partial charge in [0.05, 0.1) is 0 Å². The smallest absolute Gasteiger partial charge is 0.348 e. The molecule has 1 fully saturated rings. The van der Waals surface area contributed by atoms with Gasteiger partial charge < -0.3 is 4.90 Å². The number of nitrogens with zero attached hydrogens (tertiary/aromatic N) is 5. The van der Waals surface area contributed by atoms with Crippen LogP contribution in [0.3, 0.4) is 0 Å². The van der Waals surface area contributed by atoms with E-state index >= 15 is 0 Å². The third kappa shape index (κ3) is 4.26. The van der Waals surface area contributed by atoms with Gasteiger partial charge >= 0.3 is 21.9 Å². The molecule has 0 aromatic carbocycles. The van der Waals surface area contributed by atoms with E-state index in [1.807, 2.05) is 0 Å². The molecular weight excluding hydrogens is 400 g/mol. The quantitative estimate of drug-likeness (QED) is 0.517. The number of halogens is 1. The van der Waals surface area contributed by atoms with Crippen molar-refractivity contribution >= 4 is 56.5 Å². The van der Waals surface area contributed by atoms with Gasteiger partial charge in [0.2, 0.25) is 0 Å². The molecule has 0 radical (unpaired) electrons. The van der Waals surface area contributed by atoms with Crippen LogP contribution >= 0.6 is 35.1 Å². The number of carbonyl (C=O) groups is 1. The van der Waals surface area contributed by atoms with Crippen LogP contribution in [0.4, 0.5) is 4.79 Å². The van der Waals surface area contributed by atoms with Crippen molar-refractivity contribution < 1.29 is 13.2 Å². The molecule has 0 spiro atoms. The van der Waals surface area contributed by atoms with Gasteiger partial charge in [0.15, 0.2) is 10.3 Å². The molecule has 1 aliphatic rings. The van der Waals surface area contributed by atoms with Gasteiger partial charge in [-0.3, -0.25) is 4.57 Å². The number of rotatable bonds is 5. The van der Waals surface area contributed by atoms with Gasteiger partial charge in [0.25, 0.3) is 0 Å². The Hall–Kier alpha value is -1.18. The first kappa shape index (κ1) is 19.1. The molecule has 2 heterocycles. The Morgan fingerprint density at radius 1 is 1.54 bits per heavy atom. The van der Waals surface area contributed by atoms with Gasteiger partial charge in [-0.05, 0) is 6.26 Å². The van der Waals surface area contributed by atoms with Gasteiger partial charge in [-0.1, -0.05) is 23.5 Å². The molecule has 10 nitrogen and oxygen atoms in total. The summed E-state index contributed by atoms with van der Waals surface area (Å²) in [6, 6.07) is -1.19. The van der Waals surface area contributed by atoms with Crippen LogP contribution in [0.25, 0.3) is 0 Å². The van der Waals surface area contributed by atoms with E-state index in [2.05, 4.69) is 9.50 Å². The van der Waals surface area contributed by atoms with Crippen molar-refractivity contribution in [2.45, 2.75) is 5.16 Å². The number of thioether (sulfide) groups is 2. The summed E-state index contributed by atoms with van der Waals surface area (Å²) in [6.07, 6.45) is 1.68. The monoisotopic (exact) mass is 414 g/mol. The number of hydrogen-bond donors (Lipinski definition) is 1. The highest BCUT2D eigenvalue weighted by Gasteiger charge is 2.25. The minimum absolute atomic E-state index is 0.258. The number of hydrogen-bond acceptors (Lipinski definition) is 7. The van der Waals surface area contributed by atoms with Gasteiger partial charge in [0, 0.05) is 31.8 Å². The summed E-state index contributed by atoms with van der Waals surface area (Å²) < 4.78 is 31.0. The second-order valence-electron chi connectivity index (χ2n) is 4.52. The predicted octanol–water partition coefficient (Wildman–Crippen LogP) is -0.250. The van der Waals surface area contributed by atoms with Crippen molar-refractivity contribution in [2.75, 3.05) is 31.0 Å². The number of amidine groups is 1. The van der Waals surface area contributed by atoms with Gasteiger partial charge in [-0.2, -0.15) is 8.42 Å². The fourth-order valence-electron chi connectivity index (χ4n) is 1.84. The first-order chi connectivity index (χ1) is 11.3. The molecule has 1 aromatic rings. The second-order valence-corrected chi connectivity index (χ2v) is 8.07. The zero-order chi connectivity index (χ0) is 17.9. The Balaban J connectivity index is 2.20. The Labute approximate surface area is 151 Å². The Kier molecular flexibility index (Phi) is 6.22. The van der Waals surface area contributed by atoms with E-state index in [-0.39, 0.29) is 10.3 Å². The third-order valence-electron chi connectivity index (χ3n) is 2.95. The molecule has 0 saturated carbocycles. The van der Waals surface area contributed by atoms with Crippen LogP contribution in [-0.4, -0.2) is 69.8 Å². The number of carbonyl (C=O) groups excluding carboxylic acids is 1. The molecule has 24 heavy (non-hydrogen) atoms. The molecule has 134 valence electrons. The molecule has 0 atom stereocenters. The average Bonchev–Trinajstić information content (AvgIpc) is 3.04. The third-order valence-corrected chi connectivity index (χ3v) is 5.79.